The van der Waals surface area contributed by atoms with Crippen molar-refractivity contribution in [3.05, 3.63) is 24.3 Å². The van der Waals surface area contributed by atoms with E-state index in [1.165, 1.54) is 17.7 Å². The molecule has 0 aromatic heterocycles. The fourth-order valence-corrected chi connectivity index (χ4v) is 3.62. The summed E-state index contributed by atoms with van der Waals surface area (Å²) >= 11 is 1.81. The fourth-order valence-electron chi connectivity index (χ4n) is 2.44. The monoisotopic (exact) mass is 295 g/mol. The van der Waals surface area contributed by atoms with Gasteiger partial charge in [-0.15, -0.1) is 11.8 Å². The maximum atomic E-state index is 9.88. The highest BCUT2D eigenvalue weighted by atomic mass is 32.2. The van der Waals surface area contributed by atoms with Crippen LogP contribution in [-0.2, 0) is 0 Å². The van der Waals surface area contributed by atoms with Gasteiger partial charge in [0.05, 0.1) is 19.3 Å². The number of aliphatic hydroxyl groups is 1. The SMILES string of the molecule is CCCNC(CO)(CSc1ccc(OC)cc1)C1CC1. The first kappa shape index (κ1) is 15.7. The highest BCUT2D eigenvalue weighted by molar-refractivity contribution is 7.99. The number of ether oxygens (including phenoxy) is 1. The first-order chi connectivity index (χ1) is 9.74. The number of aliphatic hydroxyl groups excluding tert-OH is 1. The molecule has 1 fully saturated rings. The van der Waals surface area contributed by atoms with Gasteiger partial charge in [-0.2, -0.15) is 0 Å². The molecule has 1 saturated carbocycles. The predicted octanol–water partition coefficient (Wildman–Crippen LogP) is 2.93. The Bertz CT molecular complexity index is 405. The van der Waals surface area contributed by atoms with Crippen LogP contribution in [0.5, 0.6) is 5.75 Å². The van der Waals surface area contributed by atoms with Crippen molar-refractivity contribution in [2.45, 2.75) is 36.6 Å². The van der Waals surface area contributed by atoms with Crippen LogP contribution < -0.4 is 10.1 Å². The van der Waals surface area contributed by atoms with E-state index in [0.717, 1.165) is 24.5 Å². The Morgan fingerprint density at radius 3 is 2.55 bits per heavy atom. The summed E-state index contributed by atoms with van der Waals surface area (Å²) in [6.07, 6.45) is 3.57. The quantitative estimate of drug-likeness (QED) is 0.687. The van der Waals surface area contributed by atoms with Gasteiger partial charge in [0.2, 0.25) is 0 Å². The van der Waals surface area contributed by atoms with Gasteiger partial charge in [-0.3, -0.25) is 0 Å². The average molecular weight is 295 g/mol. The average Bonchev–Trinajstić information content (AvgIpc) is 3.34. The molecule has 4 heteroatoms. The third-order valence-electron chi connectivity index (χ3n) is 3.92. The number of methoxy groups -OCH3 is 1. The molecule has 1 aliphatic carbocycles. The van der Waals surface area contributed by atoms with E-state index in [0.29, 0.717) is 5.92 Å². The van der Waals surface area contributed by atoms with E-state index in [1.54, 1.807) is 7.11 Å². The van der Waals surface area contributed by atoms with Gasteiger partial charge in [-0.1, -0.05) is 6.92 Å². The van der Waals surface area contributed by atoms with E-state index in [-0.39, 0.29) is 12.1 Å². The summed E-state index contributed by atoms with van der Waals surface area (Å²) in [5.74, 6) is 2.43. The lowest BCUT2D eigenvalue weighted by molar-refractivity contribution is 0.159. The zero-order chi connectivity index (χ0) is 14.4. The van der Waals surface area contributed by atoms with Gasteiger partial charge >= 0.3 is 0 Å². The Morgan fingerprint density at radius 1 is 1.35 bits per heavy atom. The Hall–Kier alpha value is -0.710. The molecule has 2 N–H and O–H groups in total. The fraction of sp³-hybridized carbons (Fsp3) is 0.625. The van der Waals surface area contributed by atoms with E-state index < -0.39 is 0 Å². The van der Waals surface area contributed by atoms with Crippen LogP contribution in [0.3, 0.4) is 0 Å². The minimum atomic E-state index is -0.111. The van der Waals surface area contributed by atoms with E-state index in [9.17, 15) is 5.11 Å². The maximum absolute atomic E-state index is 9.88. The Balaban J connectivity index is 1.96. The lowest BCUT2D eigenvalue weighted by Crippen LogP contribution is -2.53. The zero-order valence-corrected chi connectivity index (χ0v) is 13.2. The lowest BCUT2D eigenvalue weighted by atomic mass is 9.96. The van der Waals surface area contributed by atoms with E-state index in [2.05, 4.69) is 24.4 Å². The van der Waals surface area contributed by atoms with Gasteiger partial charge in [-0.05, 0) is 56.0 Å². The van der Waals surface area contributed by atoms with Crippen LogP contribution in [0.4, 0.5) is 0 Å². The molecular formula is C16H25NO2S. The minimum Gasteiger partial charge on any atom is -0.497 e. The first-order valence-corrected chi connectivity index (χ1v) is 8.35. The van der Waals surface area contributed by atoms with Crippen LogP contribution >= 0.6 is 11.8 Å². The summed E-state index contributed by atoms with van der Waals surface area (Å²) in [4.78, 5) is 1.22. The summed E-state index contributed by atoms with van der Waals surface area (Å²) in [7, 11) is 1.68. The van der Waals surface area contributed by atoms with Crippen LogP contribution in [0.25, 0.3) is 0 Å². The minimum absolute atomic E-state index is 0.111. The van der Waals surface area contributed by atoms with Crippen LogP contribution in [-0.4, -0.2) is 36.7 Å². The number of nitrogens with one attached hydrogen (secondary N) is 1. The third-order valence-corrected chi connectivity index (χ3v) is 5.19. The second-order valence-electron chi connectivity index (χ2n) is 5.48. The zero-order valence-electron chi connectivity index (χ0n) is 12.4. The molecule has 0 heterocycles. The molecule has 1 unspecified atom stereocenters. The molecule has 1 aliphatic rings. The van der Waals surface area contributed by atoms with E-state index in [4.69, 9.17) is 4.74 Å². The van der Waals surface area contributed by atoms with Crippen LogP contribution in [0.1, 0.15) is 26.2 Å². The van der Waals surface area contributed by atoms with Crippen molar-refractivity contribution < 1.29 is 9.84 Å². The van der Waals surface area contributed by atoms with Gasteiger partial charge in [0.1, 0.15) is 5.75 Å². The normalized spacial score (nSPS) is 17.8. The number of benzene rings is 1. The van der Waals surface area contributed by atoms with Gasteiger partial charge in [0.15, 0.2) is 0 Å². The molecule has 1 aromatic carbocycles. The van der Waals surface area contributed by atoms with Crippen molar-refractivity contribution in [1.82, 2.24) is 5.32 Å². The summed E-state index contributed by atoms with van der Waals surface area (Å²) in [6, 6.07) is 8.13. The van der Waals surface area contributed by atoms with Crippen LogP contribution in [0.15, 0.2) is 29.2 Å². The summed E-state index contributed by atoms with van der Waals surface area (Å²) in [5, 5.41) is 13.5. The topological polar surface area (TPSA) is 41.5 Å². The summed E-state index contributed by atoms with van der Waals surface area (Å²) in [6.45, 7) is 3.36. The second-order valence-corrected chi connectivity index (χ2v) is 6.53. The molecule has 1 atom stereocenters. The number of hydrogen-bond acceptors (Lipinski definition) is 4. The van der Waals surface area contributed by atoms with Gasteiger partial charge in [0, 0.05) is 10.6 Å². The molecule has 112 valence electrons. The smallest absolute Gasteiger partial charge is 0.118 e. The van der Waals surface area contributed by atoms with Crippen molar-refractivity contribution in [1.29, 1.82) is 0 Å². The van der Waals surface area contributed by atoms with Crippen molar-refractivity contribution in [3.8, 4) is 5.75 Å². The molecule has 3 nitrogen and oxygen atoms in total. The predicted molar refractivity (Wildman–Crippen MR) is 84.6 cm³/mol. The molecule has 0 bridgehead atoms. The van der Waals surface area contributed by atoms with Gasteiger partial charge in [-0.25, -0.2) is 0 Å². The molecule has 0 amide bonds. The largest absolute Gasteiger partial charge is 0.497 e. The first-order valence-electron chi connectivity index (χ1n) is 7.37. The molecule has 1 aromatic rings. The number of thioether (sulfide) groups is 1. The molecule has 20 heavy (non-hydrogen) atoms. The summed E-state index contributed by atoms with van der Waals surface area (Å²) < 4.78 is 5.18. The van der Waals surface area contributed by atoms with E-state index >= 15 is 0 Å². The summed E-state index contributed by atoms with van der Waals surface area (Å²) in [5.41, 5.74) is -0.111. The van der Waals surface area contributed by atoms with Crippen molar-refractivity contribution >= 4 is 11.8 Å². The van der Waals surface area contributed by atoms with E-state index in [1.807, 2.05) is 23.9 Å². The van der Waals surface area contributed by atoms with Crippen LogP contribution in [0.2, 0.25) is 0 Å². The van der Waals surface area contributed by atoms with Crippen molar-refractivity contribution in [2.75, 3.05) is 26.0 Å². The highest BCUT2D eigenvalue weighted by Crippen LogP contribution is 2.42. The Labute approximate surface area is 126 Å². The molecule has 0 spiro atoms. The number of hydrogen-bond donors (Lipinski definition) is 2. The standard InChI is InChI=1S/C16H25NO2S/c1-3-10-17-16(11-18,13-4-5-13)12-20-15-8-6-14(19-2)7-9-15/h6-9,13,17-18H,3-5,10-12H2,1-2H3. The van der Waals surface area contributed by atoms with Crippen molar-refractivity contribution in [3.63, 3.8) is 0 Å². The third kappa shape index (κ3) is 3.90. The molecule has 0 radical (unpaired) electrons. The van der Waals surface area contributed by atoms with Gasteiger partial charge < -0.3 is 15.2 Å². The lowest BCUT2D eigenvalue weighted by Gasteiger charge is -2.33. The highest BCUT2D eigenvalue weighted by Gasteiger charge is 2.44. The molecule has 2 rings (SSSR count). The maximum Gasteiger partial charge on any atom is 0.118 e. The second kappa shape index (κ2) is 7.34. The number of rotatable bonds is 9. The Kier molecular flexibility index (Phi) is 5.75. The van der Waals surface area contributed by atoms with Crippen LogP contribution in [0, 0.1) is 5.92 Å². The van der Waals surface area contributed by atoms with Crippen molar-refractivity contribution in [2.24, 2.45) is 5.92 Å². The van der Waals surface area contributed by atoms with Gasteiger partial charge in [0.25, 0.3) is 0 Å². The molecule has 0 aliphatic heterocycles. The Morgan fingerprint density at radius 2 is 2.05 bits per heavy atom. The molecular weight excluding hydrogens is 270 g/mol. The molecule has 0 saturated heterocycles.